The Morgan fingerprint density at radius 1 is 1.16 bits per heavy atom. The summed E-state index contributed by atoms with van der Waals surface area (Å²) in [5.74, 6) is -2.03. The quantitative estimate of drug-likeness (QED) is 0.471. The smallest absolute Gasteiger partial charge is 0.246 e. The molecule has 37 heavy (non-hydrogen) atoms. The molecule has 1 aromatic carbocycles. The summed E-state index contributed by atoms with van der Waals surface area (Å²) in [5, 5.41) is 16.5. The lowest BCUT2D eigenvalue weighted by atomic mass is 9.65. The molecule has 3 fully saturated rings. The van der Waals surface area contributed by atoms with Crippen molar-refractivity contribution in [1.82, 2.24) is 15.5 Å². The zero-order valence-electron chi connectivity index (χ0n) is 23.0. The number of hydrogen-bond acceptors (Lipinski definition) is 5. The van der Waals surface area contributed by atoms with Crippen LogP contribution in [0.3, 0.4) is 0 Å². The number of amides is 3. The summed E-state index contributed by atoms with van der Waals surface area (Å²) in [6, 6.07) is 8.23. The van der Waals surface area contributed by atoms with Gasteiger partial charge in [-0.2, -0.15) is 0 Å². The Kier molecular flexibility index (Phi) is 7.47. The van der Waals surface area contributed by atoms with Crippen molar-refractivity contribution in [1.29, 1.82) is 0 Å². The molecule has 3 heterocycles. The molecule has 0 saturated carbocycles. The van der Waals surface area contributed by atoms with Gasteiger partial charge in [0, 0.05) is 12.1 Å². The fourth-order valence-corrected chi connectivity index (χ4v) is 6.90. The molecule has 1 aromatic rings. The van der Waals surface area contributed by atoms with E-state index >= 15 is 0 Å². The largest absolute Gasteiger partial charge is 0.394 e. The van der Waals surface area contributed by atoms with Crippen LogP contribution in [0.1, 0.15) is 72.8 Å². The van der Waals surface area contributed by atoms with Crippen LogP contribution in [0.5, 0.6) is 0 Å². The fourth-order valence-electron chi connectivity index (χ4n) is 6.90. The second-order valence-electron chi connectivity index (χ2n) is 12.5. The Morgan fingerprint density at radius 3 is 2.41 bits per heavy atom. The second-order valence-corrected chi connectivity index (χ2v) is 12.5. The van der Waals surface area contributed by atoms with Crippen molar-refractivity contribution >= 4 is 17.7 Å². The van der Waals surface area contributed by atoms with E-state index in [2.05, 4.69) is 10.6 Å². The number of aliphatic hydroxyl groups excluding tert-OH is 1. The number of aliphatic hydroxyl groups is 1. The van der Waals surface area contributed by atoms with E-state index in [1.165, 1.54) is 0 Å². The molecule has 4 rings (SSSR count). The number of benzene rings is 1. The normalized spacial score (nSPS) is 31.5. The molecule has 0 radical (unpaired) electrons. The number of rotatable bonds is 9. The summed E-state index contributed by atoms with van der Waals surface area (Å²) in [6.45, 7) is 11.8. The van der Waals surface area contributed by atoms with E-state index in [-0.39, 0.29) is 30.2 Å². The van der Waals surface area contributed by atoms with Crippen LogP contribution < -0.4 is 10.6 Å². The number of nitrogens with zero attached hydrogens (tertiary/aromatic N) is 1. The second kappa shape index (κ2) is 10.0. The zero-order chi connectivity index (χ0) is 27.2. The van der Waals surface area contributed by atoms with Gasteiger partial charge in [0.05, 0.1) is 30.1 Å². The molecule has 8 nitrogen and oxygen atoms in total. The van der Waals surface area contributed by atoms with Gasteiger partial charge in [-0.25, -0.2) is 0 Å². The monoisotopic (exact) mass is 513 g/mol. The molecule has 3 aliphatic rings. The van der Waals surface area contributed by atoms with Crippen LogP contribution in [-0.2, 0) is 25.7 Å². The minimum atomic E-state index is -1.10. The molecule has 6 atom stereocenters. The number of carbonyl (C=O) groups is 3. The number of carbonyl (C=O) groups excluding carboxylic acids is 3. The Labute approximate surface area is 220 Å². The van der Waals surface area contributed by atoms with Crippen LogP contribution in [0.4, 0.5) is 0 Å². The minimum absolute atomic E-state index is 0.207. The maximum Gasteiger partial charge on any atom is 0.246 e. The molecule has 8 heteroatoms. The first-order chi connectivity index (χ1) is 17.4. The molecule has 1 spiro atoms. The Hall–Kier alpha value is -2.45. The summed E-state index contributed by atoms with van der Waals surface area (Å²) < 4.78 is 6.79. The summed E-state index contributed by atoms with van der Waals surface area (Å²) in [7, 11) is 0. The third-order valence-corrected chi connectivity index (χ3v) is 8.30. The molecule has 2 unspecified atom stereocenters. The molecule has 204 valence electrons. The van der Waals surface area contributed by atoms with Gasteiger partial charge in [0.2, 0.25) is 17.7 Å². The summed E-state index contributed by atoms with van der Waals surface area (Å²) in [6.07, 6.45) is 2.26. The van der Waals surface area contributed by atoms with Gasteiger partial charge < -0.3 is 25.4 Å². The van der Waals surface area contributed by atoms with E-state index in [0.29, 0.717) is 32.2 Å². The maximum absolute atomic E-state index is 14.3. The minimum Gasteiger partial charge on any atom is -0.394 e. The average molecular weight is 514 g/mol. The van der Waals surface area contributed by atoms with Gasteiger partial charge in [-0.05, 0) is 57.9 Å². The number of hydrogen-bond donors (Lipinski definition) is 3. The van der Waals surface area contributed by atoms with E-state index < -0.39 is 40.7 Å². The highest BCUT2D eigenvalue weighted by Gasteiger charge is 2.79. The first kappa shape index (κ1) is 27.6. The van der Waals surface area contributed by atoms with Crippen molar-refractivity contribution < 1.29 is 24.2 Å². The lowest BCUT2D eigenvalue weighted by molar-refractivity contribution is -0.152. The van der Waals surface area contributed by atoms with Crippen LogP contribution >= 0.6 is 0 Å². The van der Waals surface area contributed by atoms with E-state index in [4.69, 9.17) is 4.74 Å². The first-order valence-electron chi connectivity index (χ1n) is 13.7. The number of ether oxygens (including phenoxy) is 1. The molecule has 3 saturated heterocycles. The third kappa shape index (κ3) is 4.78. The van der Waals surface area contributed by atoms with Crippen LogP contribution in [0, 0.1) is 17.8 Å². The molecule has 3 aliphatic heterocycles. The summed E-state index contributed by atoms with van der Waals surface area (Å²) >= 11 is 0. The lowest BCUT2D eigenvalue weighted by Crippen LogP contribution is -2.60. The van der Waals surface area contributed by atoms with Gasteiger partial charge >= 0.3 is 0 Å². The van der Waals surface area contributed by atoms with Crippen molar-refractivity contribution in [3.8, 4) is 0 Å². The fraction of sp³-hybridized carbons (Fsp3) is 0.690. The predicted octanol–water partition coefficient (Wildman–Crippen LogP) is 2.78. The third-order valence-electron chi connectivity index (χ3n) is 8.30. The van der Waals surface area contributed by atoms with E-state index in [0.717, 1.165) is 5.56 Å². The number of nitrogens with one attached hydrogen (secondary N) is 2. The van der Waals surface area contributed by atoms with Crippen molar-refractivity contribution in [2.75, 3.05) is 6.61 Å². The lowest BCUT2D eigenvalue weighted by Gasteiger charge is -2.39. The van der Waals surface area contributed by atoms with E-state index in [1.807, 2.05) is 71.9 Å². The highest BCUT2D eigenvalue weighted by molar-refractivity contribution is 5.99. The Morgan fingerprint density at radius 2 is 1.84 bits per heavy atom. The van der Waals surface area contributed by atoms with Gasteiger partial charge in [0.1, 0.15) is 11.6 Å². The van der Waals surface area contributed by atoms with Crippen LogP contribution in [0.2, 0.25) is 0 Å². The van der Waals surface area contributed by atoms with Crippen LogP contribution in [0.15, 0.2) is 30.3 Å². The molecule has 2 bridgehead atoms. The summed E-state index contributed by atoms with van der Waals surface area (Å²) in [5.41, 5.74) is -1.43. The molecule has 3 amide bonds. The highest BCUT2D eigenvalue weighted by atomic mass is 16.5. The van der Waals surface area contributed by atoms with Gasteiger partial charge in [-0.1, -0.05) is 51.1 Å². The highest BCUT2D eigenvalue weighted by Crippen LogP contribution is 2.64. The Bertz CT molecular complexity index is 1020. The number of likely N-dealkylation sites (tertiary alicyclic amines) is 1. The van der Waals surface area contributed by atoms with Crippen molar-refractivity contribution in [3.05, 3.63) is 35.9 Å². The zero-order valence-corrected chi connectivity index (χ0v) is 23.0. The van der Waals surface area contributed by atoms with E-state index in [1.54, 1.807) is 4.90 Å². The molecular weight excluding hydrogens is 470 g/mol. The van der Waals surface area contributed by atoms with Crippen molar-refractivity contribution in [3.63, 3.8) is 0 Å². The van der Waals surface area contributed by atoms with Gasteiger partial charge in [-0.3, -0.25) is 14.4 Å². The van der Waals surface area contributed by atoms with Gasteiger partial charge in [0.25, 0.3) is 0 Å². The molecule has 0 aromatic heterocycles. The predicted molar refractivity (Wildman–Crippen MR) is 140 cm³/mol. The van der Waals surface area contributed by atoms with Crippen LogP contribution in [0.25, 0.3) is 0 Å². The molecular formula is C29H43N3O5. The van der Waals surface area contributed by atoms with Crippen molar-refractivity contribution in [2.24, 2.45) is 17.8 Å². The van der Waals surface area contributed by atoms with Crippen molar-refractivity contribution in [2.45, 2.75) is 103 Å². The van der Waals surface area contributed by atoms with Gasteiger partial charge in [0.15, 0.2) is 0 Å². The van der Waals surface area contributed by atoms with Crippen LogP contribution in [-0.4, -0.2) is 63.2 Å². The number of fused-ring (bicyclic) bond motifs is 1. The van der Waals surface area contributed by atoms with E-state index in [9.17, 15) is 19.5 Å². The SMILES string of the molecule is CC[C@]12CCC3(O1)C(C(=O)NC(C)(C)C)N([C@@H](CO)CC(C)C)C(=O)[C@@H]3[C@H]2C(=O)NCc1ccccc1. The standard InChI is InChI=1S/C29H43N3O5/c1-7-28-13-14-29(37-28)22(21(28)24(34)30-16-19-11-9-8-10-12-19)26(36)32(20(17-33)15-18(2)3)23(29)25(35)31-27(4,5)6/h8-12,18,20-23,33H,7,13-17H2,1-6H3,(H,30,34)(H,31,35)/t20-,21+,22+,23?,28-,29?/m1/s1. The molecule has 0 aliphatic carbocycles. The van der Waals surface area contributed by atoms with Gasteiger partial charge in [-0.15, -0.1) is 0 Å². The summed E-state index contributed by atoms with van der Waals surface area (Å²) in [4.78, 5) is 43.5. The maximum atomic E-state index is 14.3. The Balaban J connectivity index is 1.73. The average Bonchev–Trinajstić information content (AvgIpc) is 3.44. The molecule has 3 N–H and O–H groups in total. The topological polar surface area (TPSA) is 108 Å². The first-order valence-corrected chi connectivity index (χ1v) is 13.7.